The summed E-state index contributed by atoms with van der Waals surface area (Å²) in [5, 5.41) is -0.131. The first kappa shape index (κ1) is 17.2. The largest absolute Gasteiger partial charge is 0.591 e. The molecule has 7 heteroatoms. The van der Waals surface area contributed by atoms with E-state index >= 15 is 0 Å². The number of hydrogen-bond acceptors (Lipinski definition) is 4. The van der Waals surface area contributed by atoms with Crippen molar-refractivity contribution in [3.8, 4) is 5.75 Å². The van der Waals surface area contributed by atoms with Crippen molar-refractivity contribution in [2.75, 3.05) is 13.9 Å². The highest BCUT2D eigenvalue weighted by Crippen LogP contribution is 2.28. The summed E-state index contributed by atoms with van der Waals surface area (Å²) >= 11 is 4.42. The molecule has 0 amide bonds. The smallest absolute Gasteiger partial charge is 0.188 e. The molecule has 0 radical (unpaired) electrons. The van der Waals surface area contributed by atoms with Gasteiger partial charge in [0.05, 0.1) is 16.8 Å². The van der Waals surface area contributed by atoms with Gasteiger partial charge in [0.2, 0.25) is 0 Å². The number of halogens is 2. The van der Waals surface area contributed by atoms with Crippen LogP contribution in [-0.4, -0.2) is 29.4 Å². The molecule has 0 aliphatic carbocycles. The molecule has 0 saturated carbocycles. The summed E-state index contributed by atoms with van der Waals surface area (Å²) in [6.45, 7) is 5.35. The predicted molar refractivity (Wildman–Crippen MR) is 79.4 cm³/mol. The Morgan fingerprint density at radius 3 is 2.65 bits per heavy atom. The van der Waals surface area contributed by atoms with Crippen LogP contribution < -0.4 is 4.74 Å². The molecule has 0 aromatic heterocycles. The van der Waals surface area contributed by atoms with Gasteiger partial charge in [-0.1, -0.05) is 16.0 Å². The average Bonchev–Trinajstić information content (AvgIpc) is 2.37. The molecule has 0 aliphatic heterocycles. The van der Waals surface area contributed by atoms with Gasteiger partial charge in [0.1, 0.15) is 27.7 Å². The Hall–Kier alpha value is -0.820. The zero-order valence-corrected chi connectivity index (χ0v) is 13.3. The SMILES string of the molecule is COCOc1ccc(F)c(Cl)c1/C=N/[S+]([O-])C(C)(C)C. The number of methoxy groups -OCH3 is 1. The maximum absolute atomic E-state index is 13.5. The number of benzene rings is 1. The first-order chi connectivity index (χ1) is 9.27. The molecule has 20 heavy (non-hydrogen) atoms. The summed E-state index contributed by atoms with van der Waals surface area (Å²) < 4.78 is 38.8. The molecule has 0 N–H and O–H groups in total. The molecular formula is C13H17ClFNO3S. The fraction of sp³-hybridized carbons (Fsp3) is 0.462. The van der Waals surface area contributed by atoms with Gasteiger partial charge in [0, 0.05) is 7.11 Å². The second-order valence-electron chi connectivity index (χ2n) is 4.92. The maximum atomic E-state index is 13.5. The fourth-order valence-corrected chi connectivity index (χ4v) is 1.90. The Bertz CT molecular complexity index is 491. The molecular weight excluding hydrogens is 305 g/mol. The summed E-state index contributed by atoms with van der Waals surface area (Å²) in [5.41, 5.74) is 0.237. The maximum Gasteiger partial charge on any atom is 0.188 e. The molecule has 0 aliphatic rings. The van der Waals surface area contributed by atoms with Crippen LogP contribution in [0.25, 0.3) is 0 Å². The normalized spacial score (nSPS) is 13.8. The van der Waals surface area contributed by atoms with Crippen LogP contribution >= 0.6 is 11.6 Å². The Morgan fingerprint density at radius 1 is 1.45 bits per heavy atom. The lowest BCUT2D eigenvalue weighted by atomic mass is 10.2. The minimum Gasteiger partial charge on any atom is -0.591 e. The van der Waals surface area contributed by atoms with E-state index in [2.05, 4.69) is 4.40 Å². The van der Waals surface area contributed by atoms with E-state index in [1.807, 2.05) is 0 Å². The second-order valence-corrected chi connectivity index (χ2v) is 7.23. The highest BCUT2D eigenvalue weighted by atomic mass is 35.5. The van der Waals surface area contributed by atoms with Crippen molar-refractivity contribution >= 4 is 29.2 Å². The van der Waals surface area contributed by atoms with Gasteiger partial charge < -0.3 is 14.0 Å². The van der Waals surface area contributed by atoms with E-state index in [9.17, 15) is 8.94 Å². The van der Waals surface area contributed by atoms with Crippen LogP contribution in [0.5, 0.6) is 5.75 Å². The summed E-state index contributed by atoms with van der Waals surface area (Å²) in [7, 11) is 1.47. The van der Waals surface area contributed by atoms with E-state index in [-0.39, 0.29) is 17.4 Å². The lowest BCUT2D eigenvalue weighted by Crippen LogP contribution is -2.25. The third-order valence-corrected chi connectivity index (χ3v) is 3.96. The first-order valence-corrected chi connectivity index (χ1v) is 7.31. The Balaban J connectivity index is 3.08. The van der Waals surface area contributed by atoms with Crippen molar-refractivity contribution in [3.63, 3.8) is 0 Å². The van der Waals surface area contributed by atoms with Crippen molar-refractivity contribution < 1.29 is 18.4 Å². The Morgan fingerprint density at radius 2 is 2.10 bits per heavy atom. The Kier molecular flexibility index (Phi) is 6.26. The molecule has 0 heterocycles. The molecule has 1 unspecified atom stereocenters. The molecule has 1 aromatic rings. The second kappa shape index (κ2) is 7.26. The zero-order chi connectivity index (χ0) is 15.3. The summed E-state index contributed by atoms with van der Waals surface area (Å²) in [6, 6.07) is 2.60. The van der Waals surface area contributed by atoms with Crippen LogP contribution in [-0.2, 0) is 16.1 Å². The van der Waals surface area contributed by atoms with Gasteiger partial charge in [-0.2, -0.15) is 0 Å². The molecule has 1 rings (SSSR count). The topological polar surface area (TPSA) is 53.9 Å². The lowest BCUT2D eigenvalue weighted by molar-refractivity contribution is 0.0510. The van der Waals surface area contributed by atoms with E-state index in [1.165, 1.54) is 25.5 Å². The van der Waals surface area contributed by atoms with Crippen LogP contribution in [0, 0.1) is 5.82 Å². The van der Waals surface area contributed by atoms with Gasteiger partial charge in [-0.05, 0) is 32.9 Å². The summed E-state index contributed by atoms with van der Waals surface area (Å²) in [5.74, 6) is -0.285. The van der Waals surface area contributed by atoms with Crippen LogP contribution in [0.1, 0.15) is 26.3 Å². The fourth-order valence-electron chi connectivity index (χ4n) is 1.18. The highest BCUT2D eigenvalue weighted by Gasteiger charge is 2.26. The van der Waals surface area contributed by atoms with Crippen molar-refractivity contribution in [2.45, 2.75) is 25.5 Å². The zero-order valence-electron chi connectivity index (χ0n) is 11.8. The lowest BCUT2D eigenvalue weighted by Gasteiger charge is -2.18. The van der Waals surface area contributed by atoms with Crippen molar-refractivity contribution in [1.29, 1.82) is 0 Å². The van der Waals surface area contributed by atoms with E-state index in [0.29, 0.717) is 5.75 Å². The number of hydrogen-bond donors (Lipinski definition) is 0. The molecule has 0 fully saturated rings. The average molecular weight is 322 g/mol. The standard InChI is InChI=1S/C13H17ClFNO3S/c1-13(2,3)20(17)16-7-9-11(19-8-18-4)6-5-10(15)12(9)14/h5-7H,8H2,1-4H3/b16-7+. The molecule has 1 aromatic carbocycles. The minimum atomic E-state index is -1.47. The molecule has 4 nitrogen and oxygen atoms in total. The predicted octanol–water partition coefficient (Wildman–Crippen LogP) is 3.34. The van der Waals surface area contributed by atoms with Gasteiger partial charge in [0.25, 0.3) is 0 Å². The van der Waals surface area contributed by atoms with E-state index in [1.54, 1.807) is 20.8 Å². The summed E-state index contributed by atoms with van der Waals surface area (Å²) in [6.07, 6.45) is 1.26. The van der Waals surface area contributed by atoms with Gasteiger partial charge in [0.15, 0.2) is 6.79 Å². The van der Waals surface area contributed by atoms with Gasteiger partial charge >= 0.3 is 0 Å². The quantitative estimate of drug-likeness (QED) is 0.475. The van der Waals surface area contributed by atoms with Crippen molar-refractivity contribution in [2.24, 2.45) is 4.40 Å². The summed E-state index contributed by atoms with van der Waals surface area (Å²) in [4.78, 5) is 0. The third kappa shape index (κ3) is 4.63. The van der Waals surface area contributed by atoms with E-state index in [4.69, 9.17) is 21.1 Å². The van der Waals surface area contributed by atoms with Crippen molar-refractivity contribution in [1.82, 2.24) is 0 Å². The van der Waals surface area contributed by atoms with E-state index in [0.717, 1.165) is 0 Å². The van der Waals surface area contributed by atoms with Gasteiger partial charge in [-0.15, -0.1) is 0 Å². The van der Waals surface area contributed by atoms with Crippen LogP contribution in [0.2, 0.25) is 5.02 Å². The van der Waals surface area contributed by atoms with Crippen LogP contribution in [0.15, 0.2) is 16.5 Å². The third-order valence-electron chi connectivity index (χ3n) is 2.23. The van der Waals surface area contributed by atoms with Crippen LogP contribution in [0.4, 0.5) is 4.39 Å². The number of ether oxygens (including phenoxy) is 2. The molecule has 0 spiro atoms. The molecule has 112 valence electrons. The number of rotatable bonds is 5. The Labute approximate surface area is 126 Å². The highest BCUT2D eigenvalue weighted by molar-refractivity contribution is 7.91. The van der Waals surface area contributed by atoms with Crippen molar-refractivity contribution in [3.05, 3.63) is 28.5 Å². The van der Waals surface area contributed by atoms with E-state index < -0.39 is 21.9 Å². The van der Waals surface area contributed by atoms with Gasteiger partial charge in [-0.25, -0.2) is 4.39 Å². The van der Waals surface area contributed by atoms with Crippen LogP contribution in [0.3, 0.4) is 0 Å². The molecule has 0 saturated heterocycles. The minimum absolute atomic E-state index is 0.00877. The molecule has 1 atom stereocenters. The monoisotopic (exact) mass is 321 g/mol. The number of nitrogens with zero attached hydrogens (tertiary/aromatic N) is 1. The first-order valence-electron chi connectivity index (χ1n) is 5.83. The molecule has 0 bridgehead atoms. The van der Waals surface area contributed by atoms with Gasteiger partial charge in [-0.3, -0.25) is 0 Å².